The molecule has 1 atom stereocenters. The van der Waals surface area contributed by atoms with Gasteiger partial charge in [0, 0.05) is 29.8 Å². The smallest absolute Gasteiger partial charge is 0.238 e. The first-order valence-electron chi connectivity index (χ1n) is 6.99. The van der Waals surface area contributed by atoms with Crippen LogP contribution < -0.4 is 10.6 Å². The average molecular weight is 298 g/mol. The highest BCUT2D eigenvalue weighted by molar-refractivity contribution is 6.30. The molecule has 0 spiro atoms. The molecule has 1 aromatic rings. The number of hydrogen-bond acceptors (Lipinski definition) is 3. The first-order chi connectivity index (χ1) is 9.52. The van der Waals surface area contributed by atoms with Gasteiger partial charge >= 0.3 is 0 Å². The van der Waals surface area contributed by atoms with E-state index in [0.717, 1.165) is 25.2 Å². The molecule has 0 aromatic heterocycles. The fourth-order valence-corrected chi connectivity index (χ4v) is 1.95. The van der Waals surface area contributed by atoms with Crippen molar-refractivity contribution in [3.8, 4) is 0 Å². The van der Waals surface area contributed by atoms with Crippen LogP contribution in [0.4, 0.5) is 5.69 Å². The lowest BCUT2D eigenvalue weighted by atomic mass is 10.2. The quantitative estimate of drug-likeness (QED) is 0.725. The number of hydrogen-bond donors (Lipinski definition) is 2. The van der Waals surface area contributed by atoms with Gasteiger partial charge in [-0.15, -0.1) is 0 Å². The first-order valence-corrected chi connectivity index (χ1v) is 7.37. The fraction of sp³-hybridized carbons (Fsp3) is 0.533. The van der Waals surface area contributed by atoms with E-state index in [1.807, 2.05) is 12.1 Å². The summed E-state index contributed by atoms with van der Waals surface area (Å²) in [6.45, 7) is 6.41. The number of anilines is 1. The molecule has 5 heteroatoms. The molecule has 1 amide bonds. The summed E-state index contributed by atoms with van der Waals surface area (Å²) in [4.78, 5) is 14.0. The van der Waals surface area contributed by atoms with E-state index in [9.17, 15) is 4.79 Å². The Bertz CT molecular complexity index is 425. The lowest BCUT2D eigenvalue weighted by Crippen LogP contribution is -2.37. The second-order valence-corrected chi connectivity index (χ2v) is 5.41. The molecule has 0 saturated carbocycles. The summed E-state index contributed by atoms with van der Waals surface area (Å²) in [7, 11) is 2.10. The van der Waals surface area contributed by atoms with Crippen LogP contribution in [-0.2, 0) is 4.79 Å². The Morgan fingerprint density at radius 2 is 2.20 bits per heavy atom. The molecule has 4 nitrogen and oxygen atoms in total. The van der Waals surface area contributed by atoms with Crippen LogP contribution in [0.5, 0.6) is 0 Å². The number of rotatable bonds is 8. The van der Waals surface area contributed by atoms with Crippen molar-refractivity contribution < 1.29 is 4.79 Å². The molecule has 20 heavy (non-hydrogen) atoms. The average Bonchev–Trinajstić information content (AvgIpc) is 2.42. The SMILES string of the molecule is CCC(C)N(C)CCNCC(=O)Nc1cccc(Cl)c1. The number of nitrogens with zero attached hydrogens (tertiary/aromatic N) is 1. The second kappa shape index (κ2) is 8.95. The summed E-state index contributed by atoms with van der Waals surface area (Å²) in [5.74, 6) is -0.0570. The van der Waals surface area contributed by atoms with Gasteiger partial charge in [-0.3, -0.25) is 4.79 Å². The van der Waals surface area contributed by atoms with E-state index in [2.05, 4.69) is 36.4 Å². The molecular formula is C15H24ClN3O. The maximum absolute atomic E-state index is 11.7. The Morgan fingerprint density at radius 1 is 1.45 bits per heavy atom. The van der Waals surface area contributed by atoms with Gasteiger partial charge in [0.2, 0.25) is 5.91 Å². The molecule has 0 aliphatic heterocycles. The maximum Gasteiger partial charge on any atom is 0.238 e. The van der Waals surface area contributed by atoms with Crippen LogP contribution in [0, 0.1) is 0 Å². The molecule has 1 aromatic carbocycles. The van der Waals surface area contributed by atoms with Crippen LogP contribution in [0.2, 0.25) is 5.02 Å². The highest BCUT2D eigenvalue weighted by Gasteiger charge is 2.06. The highest BCUT2D eigenvalue weighted by Crippen LogP contribution is 2.14. The zero-order chi connectivity index (χ0) is 15.0. The summed E-state index contributed by atoms with van der Waals surface area (Å²) in [6, 6.07) is 7.71. The highest BCUT2D eigenvalue weighted by atomic mass is 35.5. The van der Waals surface area contributed by atoms with Gasteiger partial charge in [-0.2, -0.15) is 0 Å². The van der Waals surface area contributed by atoms with Crippen molar-refractivity contribution >= 4 is 23.2 Å². The van der Waals surface area contributed by atoms with E-state index in [-0.39, 0.29) is 5.91 Å². The lowest BCUT2D eigenvalue weighted by Gasteiger charge is -2.23. The van der Waals surface area contributed by atoms with Crippen molar-refractivity contribution in [2.75, 3.05) is 32.0 Å². The van der Waals surface area contributed by atoms with Crippen LogP contribution in [-0.4, -0.2) is 43.5 Å². The Kier molecular flexibility index (Phi) is 7.59. The van der Waals surface area contributed by atoms with E-state index >= 15 is 0 Å². The number of carbonyl (C=O) groups excluding carboxylic acids is 1. The summed E-state index contributed by atoms with van der Waals surface area (Å²) < 4.78 is 0. The molecule has 1 unspecified atom stereocenters. The second-order valence-electron chi connectivity index (χ2n) is 4.97. The molecule has 0 saturated heterocycles. The van der Waals surface area contributed by atoms with Gasteiger partial charge in [-0.05, 0) is 38.6 Å². The minimum atomic E-state index is -0.0570. The van der Waals surface area contributed by atoms with Crippen molar-refractivity contribution in [2.45, 2.75) is 26.3 Å². The largest absolute Gasteiger partial charge is 0.325 e. The van der Waals surface area contributed by atoms with E-state index in [1.54, 1.807) is 12.1 Å². The molecule has 1 rings (SSSR count). The Labute approximate surface area is 126 Å². The van der Waals surface area contributed by atoms with E-state index in [4.69, 9.17) is 11.6 Å². The molecule has 0 fully saturated rings. The van der Waals surface area contributed by atoms with Gasteiger partial charge in [0.1, 0.15) is 0 Å². The molecule has 0 aliphatic rings. The molecular weight excluding hydrogens is 274 g/mol. The van der Waals surface area contributed by atoms with Gasteiger partial charge < -0.3 is 15.5 Å². The Morgan fingerprint density at radius 3 is 2.85 bits per heavy atom. The number of halogens is 1. The van der Waals surface area contributed by atoms with Gasteiger partial charge in [0.25, 0.3) is 0 Å². The number of benzene rings is 1. The molecule has 0 heterocycles. The van der Waals surface area contributed by atoms with Crippen LogP contribution >= 0.6 is 11.6 Å². The van der Waals surface area contributed by atoms with E-state index < -0.39 is 0 Å². The number of carbonyl (C=O) groups is 1. The van der Waals surface area contributed by atoms with Crippen LogP contribution in [0.15, 0.2) is 24.3 Å². The molecule has 0 aliphatic carbocycles. The Hall–Kier alpha value is -1.10. The van der Waals surface area contributed by atoms with E-state index in [1.165, 1.54) is 0 Å². The van der Waals surface area contributed by atoms with Crippen molar-refractivity contribution in [3.05, 3.63) is 29.3 Å². The lowest BCUT2D eigenvalue weighted by molar-refractivity contribution is -0.115. The number of amides is 1. The van der Waals surface area contributed by atoms with Crippen molar-refractivity contribution in [3.63, 3.8) is 0 Å². The van der Waals surface area contributed by atoms with Crippen LogP contribution in [0.3, 0.4) is 0 Å². The third-order valence-electron chi connectivity index (χ3n) is 3.38. The minimum Gasteiger partial charge on any atom is -0.325 e. The van der Waals surface area contributed by atoms with E-state index in [0.29, 0.717) is 17.6 Å². The summed E-state index contributed by atoms with van der Waals surface area (Å²) >= 11 is 5.86. The predicted octanol–water partition coefficient (Wildman–Crippen LogP) is 2.60. The zero-order valence-electron chi connectivity index (χ0n) is 12.4. The summed E-state index contributed by atoms with van der Waals surface area (Å²) in [6.07, 6.45) is 1.13. The minimum absolute atomic E-state index is 0.0570. The molecule has 0 radical (unpaired) electrons. The zero-order valence-corrected chi connectivity index (χ0v) is 13.2. The molecule has 112 valence electrons. The van der Waals surface area contributed by atoms with Crippen molar-refractivity contribution in [1.82, 2.24) is 10.2 Å². The Balaban J connectivity index is 2.21. The van der Waals surface area contributed by atoms with Crippen LogP contribution in [0.1, 0.15) is 20.3 Å². The molecule has 0 bridgehead atoms. The summed E-state index contributed by atoms with van der Waals surface area (Å²) in [5, 5.41) is 6.57. The van der Waals surface area contributed by atoms with Crippen molar-refractivity contribution in [1.29, 1.82) is 0 Å². The van der Waals surface area contributed by atoms with Gasteiger partial charge in [0.15, 0.2) is 0 Å². The van der Waals surface area contributed by atoms with Gasteiger partial charge in [-0.25, -0.2) is 0 Å². The third-order valence-corrected chi connectivity index (χ3v) is 3.61. The topological polar surface area (TPSA) is 44.4 Å². The first kappa shape index (κ1) is 17.0. The summed E-state index contributed by atoms with van der Waals surface area (Å²) in [5.41, 5.74) is 0.723. The monoisotopic (exact) mass is 297 g/mol. The molecule has 2 N–H and O–H groups in total. The number of nitrogens with one attached hydrogen (secondary N) is 2. The maximum atomic E-state index is 11.7. The van der Waals surface area contributed by atoms with Gasteiger partial charge in [0.05, 0.1) is 6.54 Å². The van der Waals surface area contributed by atoms with Crippen molar-refractivity contribution in [2.24, 2.45) is 0 Å². The van der Waals surface area contributed by atoms with Crippen LogP contribution in [0.25, 0.3) is 0 Å². The normalized spacial score (nSPS) is 12.4. The number of likely N-dealkylation sites (N-methyl/N-ethyl adjacent to an activating group) is 1. The predicted molar refractivity (Wildman–Crippen MR) is 85.3 cm³/mol. The van der Waals surface area contributed by atoms with Gasteiger partial charge in [-0.1, -0.05) is 24.6 Å². The fourth-order valence-electron chi connectivity index (χ4n) is 1.76. The third kappa shape index (κ3) is 6.37. The standard InChI is InChI=1S/C15H24ClN3O/c1-4-12(2)19(3)9-8-17-11-15(20)18-14-7-5-6-13(16)10-14/h5-7,10,12,17H,4,8-9,11H2,1-3H3,(H,18,20).